The molecule has 0 bridgehead atoms. The van der Waals surface area contributed by atoms with E-state index in [4.69, 9.17) is 11.5 Å². The van der Waals surface area contributed by atoms with Gasteiger partial charge in [-0.3, -0.25) is 9.79 Å². The average Bonchev–Trinajstić information content (AvgIpc) is 2.22. The van der Waals surface area contributed by atoms with Gasteiger partial charge < -0.3 is 16.8 Å². The molecule has 0 aliphatic heterocycles. The van der Waals surface area contributed by atoms with Crippen LogP contribution in [0.1, 0.15) is 60.8 Å². The zero-order valence-electron chi connectivity index (χ0n) is 13.9. The summed E-state index contributed by atoms with van der Waals surface area (Å²) in [5.74, 6) is 0.384. The van der Waals surface area contributed by atoms with Gasteiger partial charge in [0.1, 0.15) is 0 Å². The van der Waals surface area contributed by atoms with E-state index in [-0.39, 0.29) is 28.7 Å². The molecule has 20 heavy (non-hydrogen) atoms. The number of rotatable bonds is 7. The maximum atomic E-state index is 12.5. The molecule has 118 valence electrons. The Balaban J connectivity index is 4.48. The summed E-state index contributed by atoms with van der Waals surface area (Å²) in [5, 5.41) is 3.43. The number of hydrogen-bond acceptors (Lipinski definition) is 3. The van der Waals surface area contributed by atoms with Gasteiger partial charge in [0.2, 0.25) is 0 Å². The number of guanidine groups is 1. The summed E-state index contributed by atoms with van der Waals surface area (Å²) in [4.78, 5) is 16.4. The van der Waals surface area contributed by atoms with Gasteiger partial charge in [-0.25, -0.2) is 0 Å². The minimum atomic E-state index is -0.331. The van der Waals surface area contributed by atoms with Crippen LogP contribution in [0.3, 0.4) is 0 Å². The van der Waals surface area contributed by atoms with E-state index in [9.17, 15) is 4.79 Å². The van der Waals surface area contributed by atoms with Crippen LogP contribution in [-0.2, 0) is 4.79 Å². The Morgan fingerprint density at radius 1 is 1.10 bits per heavy atom. The predicted molar refractivity (Wildman–Crippen MR) is 85.7 cm³/mol. The molecule has 5 nitrogen and oxygen atoms in total. The Morgan fingerprint density at radius 3 is 2.05 bits per heavy atom. The van der Waals surface area contributed by atoms with Crippen molar-refractivity contribution < 1.29 is 4.79 Å². The van der Waals surface area contributed by atoms with Crippen LogP contribution in [-0.4, -0.2) is 29.9 Å². The summed E-state index contributed by atoms with van der Waals surface area (Å²) in [6, 6.07) is -0.116. The molecule has 5 heteroatoms. The third-order valence-electron chi connectivity index (χ3n) is 2.86. The number of ketones is 1. The summed E-state index contributed by atoms with van der Waals surface area (Å²) < 4.78 is 0. The van der Waals surface area contributed by atoms with E-state index in [1.807, 2.05) is 20.8 Å². The van der Waals surface area contributed by atoms with Crippen molar-refractivity contribution in [2.45, 2.75) is 72.4 Å². The van der Waals surface area contributed by atoms with Gasteiger partial charge in [-0.1, -0.05) is 20.8 Å². The fourth-order valence-corrected chi connectivity index (χ4v) is 1.98. The number of nitrogens with one attached hydrogen (secondary N) is 1. The van der Waals surface area contributed by atoms with Crippen LogP contribution >= 0.6 is 0 Å². The highest BCUT2D eigenvalue weighted by atomic mass is 16.1. The minimum Gasteiger partial charge on any atom is -0.370 e. The van der Waals surface area contributed by atoms with Gasteiger partial charge in [0.25, 0.3) is 0 Å². The van der Waals surface area contributed by atoms with Gasteiger partial charge in [0.05, 0.1) is 6.04 Å². The molecule has 0 rings (SSSR count). The highest BCUT2D eigenvalue weighted by Gasteiger charge is 2.31. The summed E-state index contributed by atoms with van der Waals surface area (Å²) in [6.45, 7) is 12.7. The van der Waals surface area contributed by atoms with E-state index in [0.717, 1.165) is 19.3 Å². The van der Waals surface area contributed by atoms with Crippen LogP contribution in [0.2, 0.25) is 0 Å². The standard InChI is InChI=1S/C15H32N4O/c1-14(2,3)12(20)11(19-15(4,5)6)9-7-8-10-18-13(16)17/h11,19H,7-10H2,1-6H3,(H4,16,17,18). The first-order valence-corrected chi connectivity index (χ1v) is 7.31. The zero-order valence-corrected chi connectivity index (χ0v) is 13.9. The fraction of sp³-hybridized carbons (Fsp3) is 0.867. The number of nitrogens with two attached hydrogens (primary N) is 2. The van der Waals surface area contributed by atoms with Crippen LogP contribution in [0.5, 0.6) is 0 Å². The lowest BCUT2D eigenvalue weighted by Crippen LogP contribution is -2.50. The summed E-state index contributed by atoms with van der Waals surface area (Å²) in [7, 11) is 0. The van der Waals surface area contributed by atoms with Crippen molar-refractivity contribution >= 4 is 11.7 Å². The van der Waals surface area contributed by atoms with Crippen LogP contribution in [0.15, 0.2) is 4.99 Å². The van der Waals surface area contributed by atoms with Gasteiger partial charge in [-0.2, -0.15) is 0 Å². The first-order valence-electron chi connectivity index (χ1n) is 7.31. The summed E-state index contributed by atoms with van der Waals surface area (Å²) in [5.41, 5.74) is 10.2. The Labute approximate surface area is 123 Å². The number of unbranched alkanes of at least 4 members (excludes halogenated alkanes) is 1. The number of carbonyl (C=O) groups is 1. The molecular weight excluding hydrogens is 252 g/mol. The molecule has 1 unspecified atom stereocenters. The molecule has 0 aromatic heterocycles. The third-order valence-corrected chi connectivity index (χ3v) is 2.86. The number of Topliss-reactive ketones (excluding diaryl/α,β-unsaturated/α-hetero) is 1. The monoisotopic (exact) mass is 284 g/mol. The highest BCUT2D eigenvalue weighted by Crippen LogP contribution is 2.21. The molecule has 0 aliphatic rings. The van der Waals surface area contributed by atoms with Gasteiger partial charge in [0, 0.05) is 17.5 Å². The fourth-order valence-electron chi connectivity index (χ4n) is 1.98. The Hall–Kier alpha value is -1.10. The number of hydrogen-bond donors (Lipinski definition) is 3. The Morgan fingerprint density at radius 2 is 1.65 bits per heavy atom. The second kappa shape index (κ2) is 7.62. The van der Waals surface area contributed by atoms with E-state index in [1.165, 1.54) is 0 Å². The first kappa shape index (κ1) is 18.9. The highest BCUT2D eigenvalue weighted by molar-refractivity contribution is 5.88. The quantitative estimate of drug-likeness (QED) is 0.377. The van der Waals surface area contributed by atoms with Crippen LogP contribution in [0.4, 0.5) is 0 Å². The van der Waals surface area contributed by atoms with Crippen molar-refractivity contribution in [3.63, 3.8) is 0 Å². The number of carbonyl (C=O) groups excluding carboxylic acids is 1. The van der Waals surface area contributed by atoms with Gasteiger partial charge in [-0.15, -0.1) is 0 Å². The molecule has 0 amide bonds. The van der Waals surface area contributed by atoms with Gasteiger partial charge in [-0.05, 0) is 40.0 Å². The second-order valence-electron chi connectivity index (χ2n) is 7.36. The second-order valence-corrected chi connectivity index (χ2v) is 7.36. The normalized spacial score (nSPS) is 13.9. The number of aliphatic imine (C=N–C) groups is 1. The summed E-state index contributed by atoms with van der Waals surface area (Å²) in [6.07, 6.45) is 2.62. The SMILES string of the molecule is CC(C)(C)NC(CCCCN=C(N)N)C(=O)C(C)(C)C. The van der Waals surface area contributed by atoms with Crippen molar-refractivity contribution in [2.75, 3.05) is 6.54 Å². The van der Waals surface area contributed by atoms with Crippen LogP contribution < -0.4 is 16.8 Å². The lowest BCUT2D eigenvalue weighted by Gasteiger charge is -2.31. The zero-order chi connectivity index (χ0) is 16.0. The molecular formula is C15H32N4O. The van der Waals surface area contributed by atoms with E-state index < -0.39 is 0 Å². The molecule has 0 saturated carbocycles. The Kier molecular flexibility index (Phi) is 7.20. The maximum Gasteiger partial charge on any atom is 0.185 e. The van der Waals surface area contributed by atoms with Crippen molar-refractivity contribution in [3.8, 4) is 0 Å². The van der Waals surface area contributed by atoms with E-state index in [2.05, 4.69) is 31.1 Å². The average molecular weight is 284 g/mol. The topological polar surface area (TPSA) is 93.5 Å². The Bertz CT molecular complexity index is 333. The molecule has 0 aromatic carbocycles. The molecule has 0 radical (unpaired) electrons. The molecule has 5 N–H and O–H groups in total. The van der Waals surface area contributed by atoms with Gasteiger partial charge in [0.15, 0.2) is 11.7 Å². The van der Waals surface area contributed by atoms with Gasteiger partial charge >= 0.3 is 0 Å². The van der Waals surface area contributed by atoms with Crippen LogP contribution in [0.25, 0.3) is 0 Å². The summed E-state index contributed by atoms with van der Waals surface area (Å²) >= 11 is 0. The molecule has 0 aliphatic carbocycles. The lowest BCUT2D eigenvalue weighted by molar-refractivity contribution is -0.129. The molecule has 0 saturated heterocycles. The molecule has 0 heterocycles. The molecule has 0 spiro atoms. The predicted octanol–water partition coefficient (Wildman–Crippen LogP) is 1.80. The maximum absolute atomic E-state index is 12.5. The third kappa shape index (κ3) is 8.91. The van der Waals surface area contributed by atoms with E-state index in [1.54, 1.807) is 0 Å². The minimum absolute atomic E-state index is 0.0780. The van der Waals surface area contributed by atoms with Crippen molar-refractivity contribution in [3.05, 3.63) is 0 Å². The van der Waals surface area contributed by atoms with E-state index in [0.29, 0.717) is 6.54 Å². The van der Waals surface area contributed by atoms with Crippen LogP contribution in [0, 0.1) is 5.41 Å². The van der Waals surface area contributed by atoms with E-state index >= 15 is 0 Å². The largest absolute Gasteiger partial charge is 0.370 e. The van der Waals surface area contributed by atoms with Crippen molar-refractivity contribution in [1.29, 1.82) is 0 Å². The van der Waals surface area contributed by atoms with Crippen molar-refractivity contribution in [1.82, 2.24) is 5.32 Å². The molecule has 0 aromatic rings. The molecule has 1 atom stereocenters. The smallest absolute Gasteiger partial charge is 0.185 e. The number of nitrogens with zero attached hydrogens (tertiary/aromatic N) is 1. The first-order chi connectivity index (χ1) is 8.93. The molecule has 0 fully saturated rings. The lowest BCUT2D eigenvalue weighted by atomic mass is 9.84. The van der Waals surface area contributed by atoms with Crippen molar-refractivity contribution in [2.24, 2.45) is 21.9 Å².